The van der Waals surface area contributed by atoms with Crippen LogP contribution in [-0.4, -0.2) is 16.2 Å². The molecule has 0 saturated carbocycles. The van der Waals surface area contributed by atoms with Crippen molar-refractivity contribution in [1.29, 1.82) is 0 Å². The highest BCUT2D eigenvalue weighted by Crippen LogP contribution is 2.40. The number of hydrogen-bond donors (Lipinski definition) is 2. The number of alkyl halides is 3. The highest BCUT2D eigenvalue weighted by molar-refractivity contribution is 6.32. The molecule has 3 nitrogen and oxygen atoms in total. The summed E-state index contributed by atoms with van der Waals surface area (Å²) in [7, 11) is 0. The van der Waals surface area contributed by atoms with Crippen molar-refractivity contribution in [3.63, 3.8) is 0 Å². The number of rotatable bonds is 2. The fourth-order valence-corrected chi connectivity index (χ4v) is 1.49. The van der Waals surface area contributed by atoms with Crippen LogP contribution in [0.5, 0.6) is 5.75 Å². The number of carboxylic acid groups (broad SMARTS) is 1. The van der Waals surface area contributed by atoms with Crippen molar-refractivity contribution in [2.24, 2.45) is 0 Å². The lowest BCUT2D eigenvalue weighted by atomic mass is 9.95. The summed E-state index contributed by atoms with van der Waals surface area (Å²) in [6.07, 6.45) is -4.75. The third kappa shape index (κ3) is 2.82. The van der Waals surface area contributed by atoms with Gasteiger partial charge < -0.3 is 10.2 Å². The second-order valence-electron chi connectivity index (χ2n) is 3.45. The van der Waals surface area contributed by atoms with E-state index < -0.39 is 34.9 Å². The number of aromatic hydroxyl groups is 1. The number of phenols is 1. The molecule has 1 unspecified atom stereocenters. The Morgan fingerprint density at radius 2 is 1.94 bits per heavy atom. The molecule has 0 aromatic heterocycles. The van der Waals surface area contributed by atoms with Crippen molar-refractivity contribution in [3.8, 4) is 5.75 Å². The molecule has 94 valence electrons. The smallest absolute Gasteiger partial charge is 0.416 e. The van der Waals surface area contributed by atoms with E-state index in [2.05, 4.69) is 0 Å². The van der Waals surface area contributed by atoms with Gasteiger partial charge in [-0.15, -0.1) is 0 Å². The molecule has 1 aromatic carbocycles. The van der Waals surface area contributed by atoms with Gasteiger partial charge in [-0.25, -0.2) is 0 Å². The van der Waals surface area contributed by atoms with E-state index in [0.29, 0.717) is 6.07 Å². The van der Waals surface area contributed by atoms with Crippen LogP contribution in [-0.2, 0) is 11.0 Å². The van der Waals surface area contributed by atoms with Gasteiger partial charge in [-0.05, 0) is 24.6 Å². The van der Waals surface area contributed by atoms with Crippen molar-refractivity contribution in [2.75, 3.05) is 0 Å². The third-order valence-electron chi connectivity index (χ3n) is 2.26. The van der Waals surface area contributed by atoms with E-state index in [4.69, 9.17) is 21.8 Å². The van der Waals surface area contributed by atoms with Crippen LogP contribution in [0.25, 0.3) is 0 Å². The number of phenolic OH excluding ortho intramolecular Hbond substituents is 1. The zero-order valence-corrected chi connectivity index (χ0v) is 9.30. The molecule has 2 N–H and O–H groups in total. The number of hydrogen-bond acceptors (Lipinski definition) is 2. The minimum Gasteiger partial charge on any atom is -0.506 e. The van der Waals surface area contributed by atoms with Crippen molar-refractivity contribution < 1.29 is 28.2 Å². The average Bonchev–Trinajstić information content (AvgIpc) is 2.18. The van der Waals surface area contributed by atoms with E-state index in [-0.39, 0.29) is 5.02 Å². The zero-order valence-electron chi connectivity index (χ0n) is 8.55. The molecule has 0 aliphatic rings. The van der Waals surface area contributed by atoms with Gasteiger partial charge in [0.25, 0.3) is 0 Å². The molecular weight excluding hydrogens is 261 g/mol. The Morgan fingerprint density at radius 3 is 2.35 bits per heavy atom. The Bertz CT molecular complexity index is 457. The maximum absolute atomic E-state index is 12.6. The van der Waals surface area contributed by atoms with Crippen LogP contribution in [0.1, 0.15) is 24.0 Å². The predicted octanol–water partition coefficient (Wildman–Crippen LogP) is 3.25. The standard InChI is InChI=1S/C10H8ClF3O3/c1-4(9(16)17)5-2-7(11)8(15)3-6(5)10(12,13)14/h2-4,15H,1H3,(H,16,17). The summed E-state index contributed by atoms with van der Waals surface area (Å²) in [4.78, 5) is 10.7. The van der Waals surface area contributed by atoms with Gasteiger partial charge in [0.2, 0.25) is 0 Å². The summed E-state index contributed by atoms with van der Waals surface area (Å²) < 4.78 is 37.9. The van der Waals surface area contributed by atoms with Crippen LogP contribution in [0, 0.1) is 0 Å². The minimum atomic E-state index is -4.75. The lowest BCUT2D eigenvalue weighted by molar-refractivity contribution is -0.141. The van der Waals surface area contributed by atoms with Crippen LogP contribution in [0.3, 0.4) is 0 Å². The number of benzene rings is 1. The SMILES string of the molecule is CC(C(=O)O)c1cc(Cl)c(O)cc1C(F)(F)F. The van der Waals surface area contributed by atoms with Gasteiger partial charge in [0.15, 0.2) is 0 Å². The van der Waals surface area contributed by atoms with Gasteiger partial charge in [-0.2, -0.15) is 13.2 Å². The molecule has 1 aromatic rings. The largest absolute Gasteiger partial charge is 0.506 e. The minimum absolute atomic E-state index is 0.318. The first kappa shape index (κ1) is 13.6. The zero-order chi connectivity index (χ0) is 13.4. The molecule has 0 saturated heterocycles. The van der Waals surface area contributed by atoms with Crippen LogP contribution in [0.2, 0.25) is 5.02 Å². The van der Waals surface area contributed by atoms with Gasteiger partial charge in [0.1, 0.15) is 5.75 Å². The first-order chi connectivity index (χ1) is 7.64. The number of carboxylic acids is 1. The normalized spacial score (nSPS) is 13.5. The monoisotopic (exact) mass is 268 g/mol. The molecule has 1 rings (SSSR count). The van der Waals surface area contributed by atoms with Crippen molar-refractivity contribution in [1.82, 2.24) is 0 Å². The number of aliphatic carboxylic acids is 1. The molecule has 1 atom stereocenters. The van der Waals surface area contributed by atoms with Gasteiger partial charge in [-0.1, -0.05) is 11.6 Å². The predicted molar refractivity (Wildman–Crippen MR) is 54.2 cm³/mol. The van der Waals surface area contributed by atoms with Crippen molar-refractivity contribution in [2.45, 2.75) is 19.0 Å². The molecule has 0 aliphatic carbocycles. The summed E-state index contributed by atoms with van der Waals surface area (Å²) in [5, 5.41) is 17.5. The topological polar surface area (TPSA) is 57.5 Å². The summed E-state index contributed by atoms with van der Waals surface area (Å²) in [6.45, 7) is 1.11. The van der Waals surface area contributed by atoms with Crippen LogP contribution in [0.4, 0.5) is 13.2 Å². The molecule has 0 amide bonds. The Morgan fingerprint density at radius 1 is 1.41 bits per heavy atom. The fraction of sp³-hybridized carbons (Fsp3) is 0.300. The second-order valence-corrected chi connectivity index (χ2v) is 3.86. The van der Waals surface area contributed by atoms with Crippen LogP contribution in [0.15, 0.2) is 12.1 Å². The summed E-state index contributed by atoms with van der Waals surface area (Å²) in [5.41, 5.74) is -1.68. The number of carbonyl (C=O) groups is 1. The lowest BCUT2D eigenvalue weighted by Crippen LogP contribution is -2.15. The maximum atomic E-state index is 12.6. The highest BCUT2D eigenvalue weighted by atomic mass is 35.5. The Balaban J connectivity index is 3.46. The Labute approximate surface area is 99.4 Å². The fourth-order valence-electron chi connectivity index (χ4n) is 1.31. The van der Waals surface area contributed by atoms with Gasteiger partial charge in [-0.3, -0.25) is 4.79 Å². The van der Waals surface area contributed by atoms with Crippen molar-refractivity contribution in [3.05, 3.63) is 28.3 Å². The van der Waals surface area contributed by atoms with Gasteiger partial charge in [0.05, 0.1) is 16.5 Å². The molecule has 0 bridgehead atoms. The Hall–Kier alpha value is -1.43. The summed E-state index contributed by atoms with van der Waals surface area (Å²) >= 11 is 5.47. The van der Waals surface area contributed by atoms with E-state index in [0.717, 1.165) is 13.0 Å². The average molecular weight is 269 g/mol. The summed E-state index contributed by atoms with van der Waals surface area (Å²) in [5.74, 6) is -3.51. The van der Waals surface area contributed by atoms with E-state index in [9.17, 15) is 18.0 Å². The molecule has 0 aliphatic heterocycles. The van der Waals surface area contributed by atoms with Gasteiger partial charge >= 0.3 is 12.1 Å². The Kier molecular flexibility index (Phi) is 3.56. The molecule has 7 heteroatoms. The molecule has 17 heavy (non-hydrogen) atoms. The van der Waals surface area contributed by atoms with E-state index >= 15 is 0 Å². The van der Waals surface area contributed by atoms with Crippen LogP contribution >= 0.6 is 11.6 Å². The second kappa shape index (κ2) is 4.44. The van der Waals surface area contributed by atoms with E-state index in [1.54, 1.807) is 0 Å². The van der Waals surface area contributed by atoms with Gasteiger partial charge in [0, 0.05) is 0 Å². The summed E-state index contributed by atoms with van der Waals surface area (Å²) in [6, 6.07) is 1.25. The first-order valence-corrected chi connectivity index (χ1v) is 4.84. The molecule has 0 fully saturated rings. The molecule has 0 heterocycles. The molecular formula is C10H8ClF3O3. The lowest BCUT2D eigenvalue weighted by Gasteiger charge is -2.16. The first-order valence-electron chi connectivity index (χ1n) is 4.47. The number of halogens is 4. The molecule has 0 radical (unpaired) electrons. The quantitative estimate of drug-likeness (QED) is 0.865. The highest BCUT2D eigenvalue weighted by Gasteiger charge is 2.36. The van der Waals surface area contributed by atoms with Crippen LogP contribution < -0.4 is 0 Å². The van der Waals surface area contributed by atoms with E-state index in [1.165, 1.54) is 0 Å². The third-order valence-corrected chi connectivity index (χ3v) is 2.56. The molecule has 0 spiro atoms. The van der Waals surface area contributed by atoms with Crippen molar-refractivity contribution >= 4 is 17.6 Å². The maximum Gasteiger partial charge on any atom is 0.416 e. The van der Waals surface area contributed by atoms with E-state index in [1.807, 2.05) is 0 Å².